The van der Waals surface area contributed by atoms with Crippen LogP contribution in [0.2, 0.25) is 0 Å². The Bertz CT molecular complexity index is 499. The molecular weight excluding hydrogens is 245 g/mol. The van der Waals surface area contributed by atoms with Crippen molar-refractivity contribution in [1.29, 1.82) is 0 Å². The number of nitrogens with two attached hydrogens (primary N) is 1. The van der Waals surface area contributed by atoms with Crippen molar-refractivity contribution < 1.29 is 4.39 Å². The molecule has 2 aromatic rings. The Hall–Kier alpha value is -1.32. The monoisotopic (exact) mass is 261 g/mol. The normalized spacial score (nSPS) is 14.2. The molecule has 0 heterocycles. The number of rotatable bonds is 4. The van der Waals surface area contributed by atoms with Crippen molar-refractivity contribution >= 4 is 11.8 Å². The van der Waals surface area contributed by atoms with E-state index in [9.17, 15) is 4.39 Å². The van der Waals surface area contributed by atoms with Crippen molar-refractivity contribution in [3.8, 4) is 0 Å². The van der Waals surface area contributed by atoms with Crippen molar-refractivity contribution in [3.63, 3.8) is 0 Å². The van der Waals surface area contributed by atoms with Crippen LogP contribution >= 0.6 is 11.8 Å². The second-order valence-corrected chi connectivity index (χ2v) is 5.48. The van der Waals surface area contributed by atoms with Crippen LogP contribution in [0.1, 0.15) is 17.7 Å². The summed E-state index contributed by atoms with van der Waals surface area (Å²) in [6.07, 6.45) is 0. The van der Waals surface area contributed by atoms with Crippen molar-refractivity contribution in [2.24, 2.45) is 5.73 Å². The van der Waals surface area contributed by atoms with Crippen LogP contribution < -0.4 is 5.73 Å². The van der Waals surface area contributed by atoms with E-state index in [2.05, 4.69) is 12.1 Å². The summed E-state index contributed by atoms with van der Waals surface area (Å²) in [4.78, 5) is 0.904. The minimum atomic E-state index is -0.212. The van der Waals surface area contributed by atoms with Crippen molar-refractivity contribution in [2.45, 2.75) is 23.1 Å². The van der Waals surface area contributed by atoms with E-state index in [1.54, 1.807) is 23.9 Å². The second-order valence-electron chi connectivity index (χ2n) is 4.27. The van der Waals surface area contributed by atoms with E-state index in [0.717, 1.165) is 4.90 Å². The molecule has 2 aromatic carbocycles. The Kier molecular flexibility index (Phi) is 4.39. The molecule has 0 fully saturated rings. The molecule has 0 aromatic heterocycles. The topological polar surface area (TPSA) is 26.0 Å². The average Bonchev–Trinajstić information content (AvgIpc) is 2.37. The van der Waals surface area contributed by atoms with E-state index >= 15 is 0 Å². The van der Waals surface area contributed by atoms with Crippen LogP contribution in [0.5, 0.6) is 0 Å². The first-order valence-corrected chi connectivity index (χ1v) is 6.77. The molecule has 2 rings (SSSR count). The van der Waals surface area contributed by atoms with Gasteiger partial charge in [-0.2, -0.15) is 0 Å². The average molecular weight is 261 g/mol. The predicted molar refractivity (Wildman–Crippen MR) is 75.1 cm³/mol. The van der Waals surface area contributed by atoms with Gasteiger partial charge in [0.25, 0.3) is 0 Å². The summed E-state index contributed by atoms with van der Waals surface area (Å²) in [6, 6.07) is 16.7. The Morgan fingerprint density at radius 2 is 1.78 bits per heavy atom. The lowest BCUT2D eigenvalue weighted by Crippen LogP contribution is -2.22. The molecular formula is C15H16FNS. The number of benzene rings is 2. The maximum atomic E-state index is 13.2. The van der Waals surface area contributed by atoms with Gasteiger partial charge in [0.15, 0.2) is 0 Å². The number of thioether (sulfide) groups is 1. The fraction of sp³-hybridized carbons (Fsp3) is 0.200. The maximum absolute atomic E-state index is 13.2. The van der Waals surface area contributed by atoms with E-state index in [1.165, 1.54) is 11.6 Å². The number of hydrogen-bond acceptors (Lipinski definition) is 2. The molecule has 0 bridgehead atoms. The molecule has 0 radical (unpaired) electrons. The maximum Gasteiger partial charge on any atom is 0.124 e. The number of halogens is 1. The first-order chi connectivity index (χ1) is 8.66. The van der Waals surface area contributed by atoms with Crippen LogP contribution in [0.4, 0.5) is 4.39 Å². The van der Waals surface area contributed by atoms with Gasteiger partial charge in [-0.05, 0) is 30.7 Å². The summed E-state index contributed by atoms with van der Waals surface area (Å²) in [5.74, 6) is -0.212. The first-order valence-electron chi connectivity index (χ1n) is 5.89. The van der Waals surface area contributed by atoms with E-state index in [0.29, 0.717) is 0 Å². The van der Waals surface area contributed by atoms with Crippen molar-refractivity contribution in [1.82, 2.24) is 0 Å². The zero-order chi connectivity index (χ0) is 13.0. The lowest BCUT2D eigenvalue weighted by molar-refractivity contribution is 0.624. The van der Waals surface area contributed by atoms with Gasteiger partial charge in [0, 0.05) is 16.2 Å². The minimum Gasteiger partial charge on any atom is -0.327 e. The molecule has 0 spiro atoms. The van der Waals surface area contributed by atoms with Gasteiger partial charge in [0.1, 0.15) is 5.82 Å². The van der Waals surface area contributed by atoms with E-state index in [1.807, 2.05) is 31.2 Å². The molecule has 2 unspecified atom stereocenters. The van der Waals surface area contributed by atoms with Crippen LogP contribution in [0.25, 0.3) is 0 Å². The Morgan fingerprint density at radius 3 is 2.39 bits per heavy atom. The summed E-state index contributed by atoms with van der Waals surface area (Å²) in [7, 11) is 0. The van der Waals surface area contributed by atoms with Crippen LogP contribution in [-0.2, 0) is 0 Å². The third kappa shape index (κ3) is 3.34. The number of hydrogen-bond donors (Lipinski definition) is 1. The molecule has 94 valence electrons. The van der Waals surface area contributed by atoms with Gasteiger partial charge in [-0.3, -0.25) is 0 Å². The SMILES string of the molecule is CC(N)C(Sc1cccc(F)c1)c1ccccc1. The van der Waals surface area contributed by atoms with Gasteiger partial charge in [-0.25, -0.2) is 4.39 Å². The third-order valence-corrected chi connectivity index (χ3v) is 4.15. The quantitative estimate of drug-likeness (QED) is 0.842. The molecule has 0 aliphatic heterocycles. The van der Waals surface area contributed by atoms with E-state index in [-0.39, 0.29) is 17.1 Å². The molecule has 0 amide bonds. The lowest BCUT2D eigenvalue weighted by Gasteiger charge is -2.20. The molecule has 0 aliphatic rings. The molecule has 3 heteroatoms. The predicted octanol–water partition coefficient (Wildman–Crippen LogP) is 4.01. The fourth-order valence-electron chi connectivity index (χ4n) is 1.81. The standard InChI is InChI=1S/C15H16FNS/c1-11(17)15(12-6-3-2-4-7-12)18-14-9-5-8-13(16)10-14/h2-11,15H,17H2,1H3. The van der Waals surface area contributed by atoms with Gasteiger partial charge in [0.2, 0.25) is 0 Å². The van der Waals surface area contributed by atoms with Gasteiger partial charge in [-0.15, -0.1) is 11.8 Å². The van der Waals surface area contributed by atoms with Crippen LogP contribution in [-0.4, -0.2) is 6.04 Å². The van der Waals surface area contributed by atoms with Gasteiger partial charge < -0.3 is 5.73 Å². The van der Waals surface area contributed by atoms with E-state index in [4.69, 9.17) is 5.73 Å². The van der Waals surface area contributed by atoms with Crippen LogP contribution in [0.3, 0.4) is 0 Å². The highest BCUT2D eigenvalue weighted by Crippen LogP contribution is 2.37. The molecule has 0 saturated heterocycles. The van der Waals surface area contributed by atoms with Crippen LogP contribution in [0, 0.1) is 5.82 Å². The molecule has 2 N–H and O–H groups in total. The highest BCUT2D eigenvalue weighted by Gasteiger charge is 2.17. The van der Waals surface area contributed by atoms with Gasteiger partial charge in [0.05, 0.1) is 0 Å². The van der Waals surface area contributed by atoms with Crippen molar-refractivity contribution in [2.75, 3.05) is 0 Å². The zero-order valence-electron chi connectivity index (χ0n) is 10.2. The van der Waals surface area contributed by atoms with Gasteiger partial charge >= 0.3 is 0 Å². The Morgan fingerprint density at radius 1 is 1.06 bits per heavy atom. The summed E-state index contributed by atoms with van der Waals surface area (Å²) in [5, 5.41) is 0.132. The molecule has 0 saturated carbocycles. The summed E-state index contributed by atoms with van der Waals surface area (Å²) in [6.45, 7) is 1.98. The Balaban J connectivity index is 2.22. The fourth-order valence-corrected chi connectivity index (χ4v) is 2.95. The second kappa shape index (κ2) is 6.03. The smallest absolute Gasteiger partial charge is 0.124 e. The van der Waals surface area contributed by atoms with Crippen LogP contribution in [0.15, 0.2) is 59.5 Å². The van der Waals surface area contributed by atoms with E-state index < -0.39 is 0 Å². The largest absolute Gasteiger partial charge is 0.327 e. The lowest BCUT2D eigenvalue weighted by atomic mass is 10.1. The van der Waals surface area contributed by atoms with Gasteiger partial charge in [-0.1, -0.05) is 36.4 Å². The first kappa shape index (κ1) is 13.1. The summed E-state index contributed by atoms with van der Waals surface area (Å²) < 4.78 is 13.2. The highest BCUT2D eigenvalue weighted by molar-refractivity contribution is 7.99. The zero-order valence-corrected chi connectivity index (χ0v) is 11.0. The molecule has 2 atom stereocenters. The van der Waals surface area contributed by atoms with Crippen molar-refractivity contribution in [3.05, 3.63) is 66.0 Å². The summed E-state index contributed by atoms with van der Waals surface area (Å²) in [5.41, 5.74) is 7.21. The minimum absolute atomic E-state index is 0.000618. The third-order valence-electron chi connectivity index (χ3n) is 2.66. The molecule has 18 heavy (non-hydrogen) atoms. The Labute approximate surface area is 111 Å². The molecule has 1 nitrogen and oxygen atoms in total. The highest BCUT2D eigenvalue weighted by atomic mass is 32.2. The summed E-state index contributed by atoms with van der Waals surface area (Å²) >= 11 is 1.60. The molecule has 0 aliphatic carbocycles.